The van der Waals surface area contributed by atoms with Gasteiger partial charge in [-0.3, -0.25) is 10.0 Å². The second-order valence-electron chi connectivity index (χ2n) is 7.89. The Morgan fingerprint density at radius 3 is 2.61 bits per heavy atom. The number of ether oxygens (including phenoxy) is 1. The Kier molecular flexibility index (Phi) is 7.68. The number of carbonyl (C=O) groups excluding carboxylic acids is 1. The van der Waals surface area contributed by atoms with Crippen molar-refractivity contribution in [3.8, 4) is 11.4 Å². The zero-order valence-electron chi connectivity index (χ0n) is 17.7. The fraction of sp³-hybridized carbons (Fsp3) is 0.600. The van der Waals surface area contributed by atoms with Crippen molar-refractivity contribution >= 4 is 5.91 Å². The summed E-state index contributed by atoms with van der Waals surface area (Å²) in [6, 6.07) is 8.55. The average molecular weight is 434 g/mol. The highest BCUT2D eigenvalue weighted by Gasteiger charge is 2.43. The lowest BCUT2D eigenvalue weighted by Gasteiger charge is -2.25. The molecule has 1 aliphatic rings. The lowest BCUT2D eigenvalue weighted by Crippen LogP contribution is -2.49. The van der Waals surface area contributed by atoms with Crippen molar-refractivity contribution in [1.82, 2.24) is 25.3 Å². The Morgan fingerprint density at radius 2 is 1.94 bits per heavy atom. The number of aliphatic hydroxyl groups is 2. The number of hydrogen-bond donors (Lipinski definition) is 4. The van der Waals surface area contributed by atoms with Gasteiger partial charge in [0.05, 0.1) is 25.2 Å². The smallest absolute Gasteiger partial charge is 0.263 e. The minimum Gasteiger partial charge on any atom is -0.388 e. The molecule has 0 aliphatic carbocycles. The van der Waals surface area contributed by atoms with Crippen molar-refractivity contribution < 1.29 is 25.0 Å². The summed E-state index contributed by atoms with van der Waals surface area (Å²) in [4.78, 5) is 13.6. The molecule has 0 bridgehead atoms. The van der Waals surface area contributed by atoms with Gasteiger partial charge >= 0.3 is 0 Å². The van der Waals surface area contributed by atoms with E-state index in [9.17, 15) is 20.2 Å². The van der Waals surface area contributed by atoms with Crippen LogP contribution in [0.2, 0.25) is 0 Å². The molecule has 0 spiro atoms. The van der Waals surface area contributed by atoms with E-state index in [-0.39, 0.29) is 12.5 Å². The second kappa shape index (κ2) is 10.2. The molecule has 1 aromatic carbocycles. The number of carbonyl (C=O) groups is 1. The van der Waals surface area contributed by atoms with Gasteiger partial charge in [0.2, 0.25) is 5.82 Å². The first-order valence-corrected chi connectivity index (χ1v) is 10.4. The molecule has 31 heavy (non-hydrogen) atoms. The molecular formula is C20H30N6O5. The van der Waals surface area contributed by atoms with Gasteiger partial charge in [-0.15, -0.1) is 10.2 Å². The van der Waals surface area contributed by atoms with Crippen molar-refractivity contribution in [3.05, 3.63) is 30.3 Å². The number of hydroxylamine groups is 2. The minimum atomic E-state index is -1.25. The van der Waals surface area contributed by atoms with Crippen LogP contribution in [0, 0.1) is 5.92 Å². The van der Waals surface area contributed by atoms with E-state index < -0.39 is 36.4 Å². The highest BCUT2D eigenvalue weighted by Crippen LogP contribution is 2.25. The number of nitrogens with zero attached hydrogens (tertiary/aromatic N) is 5. The van der Waals surface area contributed by atoms with Gasteiger partial charge in [0.15, 0.2) is 0 Å². The van der Waals surface area contributed by atoms with Gasteiger partial charge in [0.1, 0.15) is 18.3 Å². The summed E-state index contributed by atoms with van der Waals surface area (Å²) in [7, 11) is 0. The molecule has 11 nitrogen and oxygen atoms in total. The Labute approximate surface area is 180 Å². The molecule has 170 valence electrons. The lowest BCUT2D eigenvalue weighted by atomic mass is 9.99. The predicted octanol–water partition coefficient (Wildman–Crippen LogP) is -0.189. The summed E-state index contributed by atoms with van der Waals surface area (Å²) < 4.78 is 5.70. The van der Waals surface area contributed by atoms with E-state index in [2.05, 4.69) is 15.4 Å². The van der Waals surface area contributed by atoms with Gasteiger partial charge in [0.25, 0.3) is 5.91 Å². The Morgan fingerprint density at radius 1 is 1.26 bits per heavy atom. The molecule has 0 saturated carbocycles. The molecule has 1 fully saturated rings. The average Bonchev–Trinajstić information content (AvgIpc) is 3.37. The highest BCUT2D eigenvalue weighted by atomic mass is 16.6. The maximum Gasteiger partial charge on any atom is 0.263 e. The largest absolute Gasteiger partial charge is 0.388 e. The van der Waals surface area contributed by atoms with Gasteiger partial charge in [-0.05, 0) is 17.6 Å². The fourth-order valence-electron chi connectivity index (χ4n) is 3.43. The van der Waals surface area contributed by atoms with Crippen LogP contribution in [0.5, 0.6) is 0 Å². The van der Waals surface area contributed by atoms with Gasteiger partial charge in [-0.2, -0.15) is 4.80 Å². The molecule has 1 amide bonds. The minimum absolute atomic E-state index is 0.106. The Hall–Kier alpha value is -2.44. The van der Waals surface area contributed by atoms with Crippen molar-refractivity contribution in [3.63, 3.8) is 0 Å². The Balaban J connectivity index is 1.54. The molecule has 0 radical (unpaired) electrons. The summed E-state index contributed by atoms with van der Waals surface area (Å²) in [6.07, 6.45) is -3.08. The molecule has 2 heterocycles. The van der Waals surface area contributed by atoms with Gasteiger partial charge in [-0.25, -0.2) is 5.06 Å². The molecule has 3 rings (SSSR count). The van der Waals surface area contributed by atoms with E-state index >= 15 is 0 Å². The number of rotatable bonds is 9. The molecule has 1 aliphatic heterocycles. The quantitative estimate of drug-likeness (QED) is 0.310. The third-order valence-corrected chi connectivity index (χ3v) is 5.71. The third kappa shape index (κ3) is 5.43. The molecule has 2 aromatic rings. The molecule has 1 aromatic heterocycles. The summed E-state index contributed by atoms with van der Waals surface area (Å²) >= 11 is 0. The number of aromatic nitrogens is 4. The van der Waals surface area contributed by atoms with E-state index in [4.69, 9.17) is 10.5 Å². The zero-order valence-corrected chi connectivity index (χ0v) is 17.7. The van der Waals surface area contributed by atoms with Crippen LogP contribution in [0.4, 0.5) is 0 Å². The first kappa shape index (κ1) is 23.2. The monoisotopic (exact) mass is 434 g/mol. The third-order valence-electron chi connectivity index (χ3n) is 5.71. The van der Waals surface area contributed by atoms with Crippen LogP contribution in [-0.4, -0.2) is 83.6 Å². The van der Waals surface area contributed by atoms with Gasteiger partial charge < -0.3 is 20.7 Å². The summed E-state index contributed by atoms with van der Waals surface area (Å²) in [5.74, 6) is -0.271. The number of tetrazole rings is 1. The van der Waals surface area contributed by atoms with Crippen LogP contribution in [0.1, 0.15) is 26.7 Å². The van der Waals surface area contributed by atoms with E-state index in [1.54, 1.807) is 0 Å². The molecule has 6 atom stereocenters. The van der Waals surface area contributed by atoms with E-state index in [1.807, 2.05) is 44.2 Å². The maximum absolute atomic E-state index is 12.3. The van der Waals surface area contributed by atoms with Crippen molar-refractivity contribution in [2.24, 2.45) is 11.7 Å². The van der Waals surface area contributed by atoms with Crippen molar-refractivity contribution in [2.45, 2.75) is 63.7 Å². The number of hydrogen-bond acceptors (Lipinski definition) is 9. The van der Waals surface area contributed by atoms with Crippen LogP contribution in [0.3, 0.4) is 0 Å². The van der Waals surface area contributed by atoms with Gasteiger partial charge in [0, 0.05) is 5.56 Å². The first-order chi connectivity index (χ1) is 14.8. The standard InChI is InChI=1S/C20H30N6O5/c1-3-12(2)16(21)20(29)25(30)11-15-18(28)17(27)14(31-15)9-10-26-23-19(22-24-26)13-7-5-4-6-8-13/h4-8,12,14-18,27-28,30H,3,9-11,21H2,1-2H3/t12-,14-,15+,16-,17-,18+/m0/s1. The van der Waals surface area contributed by atoms with Crippen LogP contribution < -0.4 is 5.73 Å². The molecule has 1 saturated heterocycles. The summed E-state index contributed by atoms with van der Waals surface area (Å²) in [5, 5.41) is 43.5. The van der Waals surface area contributed by atoms with Crippen molar-refractivity contribution in [2.75, 3.05) is 6.54 Å². The molecule has 5 N–H and O–H groups in total. The number of benzene rings is 1. The van der Waals surface area contributed by atoms with Crippen LogP contribution in [-0.2, 0) is 16.1 Å². The topological polar surface area (TPSA) is 160 Å². The maximum atomic E-state index is 12.3. The second-order valence-corrected chi connectivity index (χ2v) is 7.89. The normalized spacial score (nSPS) is 25.4. The number of nitrogens with two attached hydrogens (primary N) is 1. The number of aryl methyl sites for hydroxylation is 1. The van der Waals surface area contributed by atoms with Crippen LogP contribution in [0.15, 0.2) is 30.3 Å². The van der Waals surface area contributed by atoms with E-state index in [0.29, 0.717) is 30.3 Å². The predicted molar refractivity (Wildman–Crippen MR) is 109 cm³/mol. The van der Waals surface area contributed by atoms with Crippen molar-refractivity contribution in [1.29, 1.82) is 0 Å². The molecule has 11 heteroatoms. The summed E-state index contributed by atoms with van der Waals surface area (Å²) in [6.45, 7) is 3.73. The van der Waals surface area contributed by atoms with Crippen LogP contribution >= 0.6 is 0 Å². The lowest BCUT2D eigenvalue weighted by molar-refractivity contribution is -0.177. The Bertz CT molecular complexity index is 850. The molecular weight excluding hydrogens is 404 g/mol. The van der Waals surface area contributed by atoms with Gasteiger partial charge in [-0.1, -0.05) is 50.6 Å². The van der Waals surface area contributed by atoms with E-state index in [0.717, 1.165) is 5.56 Å². The summed E-state index contributed by atoms with van der Waals surface area (Å²) in [5.41, 5.74) is 6.70. The number of aliphatic hydroxyl groups excluding tert-OH is 2. The van der Waals surface area contributed by atoms with E-state index in [1.165, 1.54) is 4.80 Å². The SMILES string of the molecule is CC[C@H](C)[C@H](N)C(=O)N(O)C[C@H]1O[C@@H](CCn2nnc(-c3ccccc3)n2)[C@H](O)[C@@H]1O. The molecule has 0 unspecified atom stereocenters. The fourth-order valence-corrected chi connectivity index (χ4v) is 3.43. The number of amides is 1. The van der Waals surface area contributed by atoms with Crippen LogP contribution in [0.25, 0.3) is 11.4 Å². The zero-order chi connectivity index (χ0) is 22.5. The first-order valence-electron chi connectivity index (χ1n) is 10.4. The highest BCUT2D eigenvalue weighted by molar-refractivity contribution is 5.80.